The summed E-state index contributed by atoms with van der Waals surface area (Å²) in [5.41, 5.74) is 3.38. The first-order valence-corrected chi connectivity index (χ1v) is 10.1. The van der Waals surface area contributed by atoms with Gasteiger partial charge in [0.15, 0.2) is 5.78 Å². The normalized spacial score (nSPS) is 23.8. The summed E-state index contributed by atoms with van der Waals surface area (Å²) in [7, 11) is 6.50. The standard InChI is InChI=1S/C24H27N3O4/c1-24(14-29-3)22(28)21(20-10-15-8-6-7-9-19(15)26-20)23(25-2)27(24)16-11-17(30-4)13-18(12-16)31-5/h6-9,11-13,26H,10,14H2,1-5H3. The molecule has 2 heterocycles. The van der Waals surface area contributed by atoms with E-state index in [1.165, 1.54) is 0 Å². The van der Waals surface area contributed by atoms with Crippen molar-refractivity contribution in [1.82, 2.24) is 0 Å². The number of benzene rings is 2. The zero-order chi connectivity index (χ0) is 22.2. The van der Waals surface area contributed by atoms with Gasteiger partial charge in [-0.25, -0.2) is 0 Å². The van der Waals surface area contributed by atoms with Gasteiger partial charge < -0.3 is 24.4 Å². The van der Waals surface area contributed by atoms with E-state index < -0.39 is 5.54 Å². The molecule has 31 heavy (non-hydrogen) atoms. The second-order valence-electron chi connectivity index (χ2n) is 7.80. The molecule has 0 saturated carbocycles. The Morgan fingerprint density at radius 3 is 2.35 bits per heavy atom. The number of anilines is 2. The van der Waals surface area contributed by atoms with E-state index in [0.717, 1.165) is 22.6 Å². The third-order valence-electron chi connectivity index (χ3n) is 5.85. The average molecular weight is 421 g/mol. The van der Waals surface area contributed by atoms with Gasteiger partial charge in [0.2, 0.25) is 0 Å². The Kier molecular flexibility index (Phi) is 5.45. The number of rotatable bonds is 5. The highest BCUT2D eigenvalue weighted by Gasteiger charge is 2.53. The summed E-state index contributed by atoms with van der Waals surface area (Å²) in [6, 6.07) is 13.6. The average Bonchev–Trinajstić information content (AvgIpc) is 3.30. The molecule has 2 aliphatic heterocycles. The second-order valence-corrected chi connectivity index (χ2v) is 7.80. The summed E-state index contributed by atoms with van der Waals surface area (Å²) in [5.74, 6) is 1.82. The molecule has 162 valence electrons. The van der Waals surface area contributed by atoms with E-state index in [2.05, 4.69) is 16.4 Å². The Bertz CT molecular complexity index is 1040. The number of allylic oxidation sites excluding steroid dienone is 1. The van der Waals surface area contributed by atoms with E-state index in [-0.39, 0.29) is 12.4 Å². The molecule has 7 nitrogen and oxygen atoms in total. The number of para-hydroxylation sites is 1. The summed E-state index contributed by atoms with van der Waals surface area (Å²) < 4.78 is 16.4. The van der Waals surface area contributed by atoms with Gasteiger partial charge in [-0.1, -0.05) is 18.2 Å². The predicted molar refractivity (Wildman–Crippen MR) is 121 cm³/mol. The molecule has 0 bridgehead atoms. The van der Waals surface area contributed by atoms with Crippen molar-refractivity contribution in [2.75, 3.05) is 45.2 Å². The van der Waals surface area contributed by atoms with Gasteiger partial charge in [-0.2, -0.15) is 0 Å². The van der Waals surface area contributed by atoms with Gasteiger partial charge in [0.25, 0.3) is 0 Å². The van der Waals surface area contributed by atoms with Crippen LogP contribution in [0.5, 0.6) is 11.5 Å². The van der Waals surface area contributed by atoms with Gasteiger partial charge in [-0.3, -0.25) is 9.79 Å². The van der Waals surface area contributed by atoms with Crippen molar-refractivity contribution < 1.29 is 19.0 Å². The van der Waals surface area contributed by atoms with E-state index in [1.54, 1.807) is 34.4 Å². The molecule has 7 heteroatoms. The number of nitrogens with zero attached hydrogens (tertiary/aromatic N) is 2. The van der Waals surface area contributed by atoms with Crippen LogP contribution < -0.4 is 19.7 Å². The lowest BCUT2D eigenvalue weighted by atomic mass is 9.94. The van der Waals surface area contributed by atoms with E-state index >= 15 is 0 Å². The summed E-state index contributed by atoms with van der Waals surface area (Å²) >= 11 is 0. The van der Waals surface area contributed by atoms with Crippen LogP contribution in [0.3, 0.4) is 0 Å². The predicted octanol–water partition coefficient (Wildman–Crippen LogP) is 3.45. The van der Waals surface area contributed by atoms with Crippen LogP contribution in [-0.2, 0) is 16.0 Å². The molecule has 0 aromatic heterocycles. The highest BCUT2D eigenvalue weighted by Crippen LogP contribution is 2.42. The first kappa shape index (κ1) is 20.9. The molecule has 0 aliphatic carbocycles. The summed E-state index contributed by atoms with van der Waals surface area (Å²) in [5, 5.41) is 3.43. The van der Waals surface area contributed by atoms with E-state index in [9.17, 15) is 4.79 Å². The zero-order valence-electron chi connectivity index (χ0n) is 18.5. The molecule has 2 aliphatic rings. The maximum absolute atomic E-state index is 13.9. The van der Waals surface area contributed by atoms with Crippen LogP contribution in [-0.4, -0.2) is 52.1 Å². The minimum atomic E-state index is -0.972. The summed E-state index contributed by atoms with van der Waals surface area (Å²) in [6.45, 7) is 2.08. The Hall–Kier alpha value is -3.32. The molecular weight excluding hydrogens is 394 g/mol. The van der Waals surface area contributed by atoms with Crippen LogP contribution in [0.25, 0.3) is 0 Å². The molecule has 1 unspecified atom stereocenters. The molecule has 0 spiro atoms. The minimum absolute atomic E-state index is 0.0351. The fraction of sp³-hybridized carbons (Fsp3) is 0.333. The number of fused-ring (bicyclic) bond motifs is 1. The molecule has 1 atom stereocenters. The zero-order valence-corrected chi connectivity index (χ0v) is 18.5. The van der Waals surface area contributed by atoms with Crippen molar-refractivity contribution in [3.8, 4) is 11.5 Å². The molecule has 2 aromatic rings. The monoisotopic (exact) mass is 421 g/mol. The molecule has 2 aromatic carbocycles. The Morgan fingerprint density at radius 1 is 1.10 bits per heavy atom. The fourth-order valence-electron chi connectivity index (χ4n) is 4.39. The number of amidine groups is 1. The van der Waals surface area contributed by atoms with E-state index in [1.807, 2.05) is 42.2 Å². The highest BCUT2D eigenvalue weighted by molar-refractivity contribution is 6.37. The smallest absolute Gasteiger partial charge is 0.196 e. The number of Topliss-reactive ketones (excluding diaryl/α,β-unsaturated/α-hetero) is 1. The molecule has 1 fully saturated rings. The number of aliphatic imine (C=N–C) groups is 1. The Morgan fingerprint density at radius 2 is 1.77 bits per heavy atom. The summed E-state index contributed by atoms with van der Waals surface area (Å²) in [4.78, 5) is 20.3. The maximum Gasteiger partial charge on any atom is 0.196 e. The largest absolute Gasteiger partial charge is 0.497 e. The van der Waals surface area contributed by atoms with Crippen molar-refractivity contribution in [1.29, 1.82) is 0 Å². The van der Waals surface area contributed by atoms with Crippen molar-refractivity contribution in [3.05, 3.63) is 59.3 Å². The third kappa shape index (κ3) is 3.35. The van der Waals surface area contributed by atoms with Crippen molar-refractivity contribution >= 4 is 23.0 Å². The first-order valence-electron chi connectivity index (χ1n) is 10.1. The van der Waals surface area contributed by atoms with Crippen LogP contribution in [0.15, 0.2) is 58.7 Å². The number of ether oxygens (including phenoxy) is 3. The van der Waals surface area contributed by atoms with Crippen LogP contribution in [0.2, 0.25) is 0 Å². The van der Waals surface area contributed by atoms with Crippen molar-refractivity contribution in [3.63, 3.8) is 0 Å². The Labute approximate surface area is 182 Å². The molecule has 1 saturated heterocycles. The van der Waals surface area contributed by atoms with Gasteiger partial charge >= 0.3 is 0 Å². The molecule has 1 N–H and O–H groups in total. The van der Waals surface area contributed by atoms with Crippen LogP contribution in [0.4, 0.5) is 11.4 Å². The number of methoxy groups -OCH3 is 3. The number of carbonyl (C=O) groups excluding carboxylic acids is 1. The van der Waals surface area contributed by atoms with Crippen LogP contribution in [0, 0.1) is 0 Å². The molecule has 0 radical (unpaired) electrons. The number of carbonyl (C=O) groups is 1. The third-order valence-corrected chi connectivity index (χ3v) is 5.85. The van der Waals surface area contributed by atoms with Crippen LogP contribution >= 0.6 is 0 Å². The van der Waals surface area contributed by atoms with Gasteiger partial charge in [0, 0.05) is 50.2 Å². The number of hydrogen-bond donors (Lipinski definition) is 1. The maximum atomic E-state index is 13.9. The van der Waals surface area contributed by atoms with Gasteiger partial charge in [0.05, 0.1) is 32.1 Å². The number of nitrogens with one attached hydrogen (secondary N) is 1. The number of hydrogen-bond acceptors (Lipinski definition) is 6. The van der Waals surface area contributed by atoms with Gasteiger partial charge in [-0.05, 0) is 18.6 Å². The van der Waals surface area contributed by atoms with E-state index in [4.69, 9.17) is 14.2 Å². The van der Waals surface area contributed by atoms with Crippen LogP contribution in [0.1, 0.15) is 12.5 Å². The topological polar surface area (TPSA) is 72.4 Å². The highest BCUT2D eigenvalue weighted by atomic mass is 16.5. The second kappa shape index (κ2) is 8.07. The SMILES string of the molecule is CN=C1C(=C2Cc3ccccc3N2)C(=O)C(C)(COC)N1c1cc(OC)cc(OC)c1. The minimum Gasteiger partial charge on any atom is -0.497 e. The quantitative estimate of drug-likeness (QED) is 0.746. The molecule has 0 amide bonds. The molecule has 4 rings (SSSR count). The fourth-order valence-corrected chi connectivity index (χ4v) is 4.39. The first-order chi connectivity index (χ1) is 15.0. The Balaban J connectivity index is 1.89. The van der Waals surface area contributed by atoms with Gasteiger partial charge in [0.1, 0.15) is 22.9 Å². The lowest BCUT2D eigenvalue weighted by molar-refractivity contribution is -0.120. The summed E-state index contributed by atoms with van der Waals surface area (Å²) in [6.07, 6.45) is 0.647. The lowest BCUT2D eigenvalue weighted by Gasteiger charge is -2.34. The van der Waals surface area contributed by atoms with Gasteiger partial charge in [-0.15, -0.1) is 0 Å². The van der Waals surface area contributed by atoms with Crippen molar-refractivity contribution in [2.45, 2.75) is 18.9 Å². The van der Waals surface area contributed by atoms with E-state index in [0.29, 0.717) is 29.3 Å². The van der Waals surface area contributed by atoms with Crippen molar-refractivity contribution in [2.24, 2.45) is 4.99 Å². The molecular formula is C24H27N3O4. The number of ketones is 1. The lowest BCUT2D eigenvalue weighted by Crippen LogP contribution is -2.51.